The first-order valence-electron chi connectivity index (χ1n) is 6.57. The molecule has 2 heteroatoms. The van der Waals surface area contributed by atoms with Crippen molar-refractivity contribution in [1.29, 1.82) is 0 Å². The van der Waals surface area contributed by atoms with Crippen LogP contribution in [0.3, 0.4) is 0 Å². The zero-order valence-electron chi connectivity index (χ0n) is 10.8. The van der Waals surface area contributed by atoms with Crippen molar-refractivity contribution in [3.63, 3.8) is 0 Å². The number of alkyl halides is 1. The van der Waals surface area contributed by atoms with Gasteiger partial charge >= 0.3 is 0 Å². The van der Waals surface area contributed by atoms with E-state index in [1.165, 1.54) is 30.5 Å². The van der Waals surface area contributed by atoms with E-state index in [1.807, 2.05) is 0 Å². The fourth-order valence-electron chi connectivity index (χ4n) is 2.50. The molecule has 0 spiro atoms. The van der Waals surface area contributed by atoms with E-state index in [-0.39, 0.29) is 0 Å². The molecule has 17 heavy (non-hydrogen) atoms. The minimum Gasteiger partial charge on any atom is -0.302 e. The van der Waals surface area contributed by atoms with E-state index in [4.69, 9.17) is 11.6 Å². The summed E-state index contributed by atoms with van der Waals surface area (Å²) < 4.78 is 0. The molecular weight excluding hydrogens is 230 g/mol. The Morgan fingerprint density at radius 1 is 1.18 bits per heavy atom. The van der Waals surface area contributed by atoms with Crippen molar-refractivity contribution in [2.24, 2.45) is 5.92 Å². The van der Waals surface area contributed by atoms with E-state index in [2.05, 4.69) is 43.1 Å². The Morgan fingerprint density at radius 2 is 1.76 bits per heavy atom. The molecule has 0 aliphatic heterocycles. The predicted molar refractivity (Wildman–Crippen MR) is 74.5 cm³/mol. The maximum absolute atomic E-state index is 6.00. The molecule has 1 saturated carbocycles. The first-order chi connectivity index (χ1) is 8.17. The van der Waals surface area contributed by atoms with Crippen LogP contribution in [0.25, 0.3) is 0 Å². The van der Waals surface area contributed by atoms with Gasteiger partial charge in [-0.25, -0.2) is 0 Å². The highest BCUT2D eigenvalue weighted by atomic mass is 35.5. The molecule has 1 aliphatic carbocycles. The topological polar surface area (TPSA) is 3.24 Å². The molecule has 0 amide bonds. The molecule has 0 aromatic heterocycles. The number of aryl methyl sites for hydroxylation is 1. The number of nitrogens with zero attached hydrogens (tertiary/aromatic N) is 1. The van der Waals surface area contributed by atoms with Crippen LogP contribution in [0.15, 0.2) is 24.3 Å². The highest BCUT2D eigenvalue weighted by Gasteiger charge is 2.27. The van der Waals surface area contributed by atoms with Gasteiger partial charge in [-0.2, -0.15) is 0 Å². The Labute approximate surface area is 110 Å². The summed E-state index contributed by atoms with van der Waals surface area (Å²) in [5.74, 6) is 0.817. The van der Waals surface area contributed by atoms with Gasteiger partial charge in [-0.3, -0.25) is 0 Å². The van der Waals surface area contributed by atoms with E-state index >= 15 is 0 Å². The molecule has 0 unspecified atom stereocenters. The molecule has 1 nitrogen and oxygen atoms in total. The molecule has 1 aliphatic rings. The second-order valence-electron chi connectivity index (χ2n) is 5.30. The first-order valence-corrected chi connectivity index (χ1v) is 7.01. The lowest BCUT2D eigenvalue weighted by molar-refractivity contribution is 0.204. The predicted octanol–water partition coefficient (Wildman–Crippen LogP) is 3.70. The molecule has 1 aromatic carbocycles. The van der Waals surface area contributed by atoms with Gasteiger partial charge in [0.25, 0.3) is 0 Å². The van der Waals surface area contributed by atoms with Gasteiger partial charge in [0.2, 0.25) is 0 Å². The second-order valence-corrected chi connectivity index (χ2v) is 5.92. The molecule has 0 bridgehead atoms. The second kappa shape index (κ2) is 5.88. The third-order valence-corrected chi connectivity index (χ3v) is 3.99. The summed E-state index contributed by atoms with van der Waals surface area (Å²) in [5, 5.41) is 0.442. The molecule has 0 atom stereocenters. The van der Waals surface area contributed by atoms with Crippen LogP contribution in [0.1, 0.15) is 30.9 Å². The maximum atomic E-state index is 6.00. The smallest absolute Gasteiger partial charge is 0.0342 e. The largest absolute Gasteiger partial charge is 0.302 e. The van der Waals surface area contributed by atoms with Gasteiger partial charge in [0, 0.05) is 18.5 Å². The Kier molecular flexibility index (Phi) is 4.47. The van der Waals surface area contributed by atoms with Gasteiger partial charge in [0.05, 0.1) is 0 Å². The standard InChI is InChI=1S/C15H22ClN/c1-3-12-4-6-13(7-5-12)10-17(2)11-14-8-15(16)9-14/h4-7,14-15H,3,8-11H2,1-2H3. The normalized spacial score (nSPS) is 23.8. The van der Waals surface area contributed by atoms with Crippen LogP contribution in [-0.2, 0) is 13.0 Å². The van der Waals surface area contributed by atoms with E-state index in [1.54, 1.807) is 0 Å². The van der Waals surface area contributed by atoms with Crippen LogP contribution in [0, 0.1) is 5.92 Å². The Bertz CT molecular complexity index is 340. The average Bonchev–Trinajstić information content (AvgIpc) is 2.28. The minimum absolute atomic E-state index is 0.442. The number of benzene rings is 1. The van der Waals surface area contributed by atoms with Gasteiger partial charge in [-0.15, -0.1) is 11.6 Å². The molecule has 1 fully saturated rings. The summed E-state index contributed by atoms with van der Waals surface area (Å²) in [5.41, 5.74) is 2.83. The maximum Gasteiger partial charge on any atom is 0.0342 e. The summed E-state index contributed by atoms with van der Waals surface area (Å²) in [6.07, 6.45) is 3.51. The van der Waals surface area contributed by atoms with Gasteiger partial charge < -0.3 is 4.90 Å². The fourth-order valence-corrected chi connectivity index (χ4v) is 3.00. The first kappa shape index (κ1) is 12.9. The Hall–Kier alpha value is -0.530. The van der Waals surface area contributed by atoms with Gasteiger partial charge in [-0.1, -0.05) is 31.2 Å². The summed E-state index contributed by atoms with van der Waals surface area (Å²) in [4.78, 5) is 2.41. The lowest BCUT2D eigenvalue weighted by atomic mass is 9.84. The highest BCUT2D eigenvalue weighted by molar-refractivity contribution is 6.21. The van der Waals surface area contributed by atoms with Gasteiger partial charge in [0.1, 0.15) is 0 Å². The average molecular weight is 252 g/mol. The molecular formula is C15H22ClN. The molecule has 2 rings (SSSR count). The summed E-state index contributed by atoms with van der Waals surface area (Å²) in [7, 11) is 2.20. The number of hydrogen-bond acceptors (Lipinski definition) is 1. The molecule has 0 heterocycles. The highest BCUT2D eigenvalue weighted by Crippen LogP contribution is 2.32. The Balaban J connectivity index is 1.78. The van der Waals surface area contributed by atoms with Crippen LogP contribution in [0.2, 0.25) is 0 Å². The van der Waals surface area contributed by atoms with Crippen molar-refractivity contribution in [3.05, 3.63) is 35.4 Å². The number of hydrogen-bond donors (Lipinski definition) is 0. The SMILES string of the molecule is CCc1ccc(CN(C)CC2CC(Cl)C2)cc1. The van der Waals surface area contributed by atoms with Crippen LogP contribution < -0.4 is 0 Å². The van der Waals surface area contributed by atoms with Crippen LogP contribution >= 0.6 is 11.6 Å². The van der Waals surface area contributed by atoms with Crippen LogP contribution in [0.4, 0.5) is 0 Å². The molecule has 1 aromatic rings. The fraction of sp³-hybridized carbons (Fsp3) is 0.600. The van der Waals surface area contributed by atoms with E-state index in [0.717, 1.165) is 18.9 Å². The van der Waals surface area contributed by atoms with E-state index in [0.29, 0.717) is 5.38 Å². The van der Waals surface area contributed by atoms with Crippen molar-refractivity contribution in [1.82, 2.24) is 4.90 Å². The molecule has 0 N–H and O–H groups in total. The molecule has 94 valence electrons. The third kappa shape index (κ3) is 3.72. The molecule has 0 saturated heterocycles. The monoisotopic (exact) mass is 251 g/mol. The zero-order valence-corrected chi connectivity index (χ0v) is 11.6. The lowest BCUT2D eigenvalue weighted by Crippen LogP contribution is -2.34. The van der Waals surface area contributed by atoms with Gasteiger partial charge in [0.15, 0.2) is 0 Å². The zero-order chi connectivity index (χ0) is 12.3. The summed E-state index contributed by atoms with van der Waals surface area (Å²) >= 11 is 6.00. The van der Waals surface area contributed by atoms with Crippen molar-refractivity contribution in [3.8, 4) is 0 Å². The van der Waals surface area contributed by atoms with Crippen molar-refractivity contribution < 1.29 is 0 Å². The quantitative estimate of drug-likeness (QED) is 0.722. The number of halogens is 1. The minimum atomic E-state index is 0.442. The molecule has 0 radical (unpaired) electrons. The van der Waals surface area contributed by atoms with E-state index < -0.39 is 0 Å². The van der Waals surface area contributed by atoms with E-state index in [9.17, 15) is 0 Å². The summed E-state index contributed by atoms with van der Waals surface area (Å²) in [6, 6.07) is 8.98. The van der Waals surface area contributed by atoms with Gasteiger partial charge in [-0.05, 0) is 43.4 Å². The van der Waals surface area contributed by atoms with Crippen molar-refractivity contribution in [2.45, 2.75) is 38.1 Å². The van der Waals surface area contributed by atoms with Crippen LogP contribution in [-0.4, -0.2) is 23.9 Å². The summed E-state index contributed by atoms with van der Waals surface area (Å²) in [6.45, 7) is 4.42. The third-order valence-electron chi connectivity index (χ3n) is 3.63. The Morgan fingerprint density at radius 3 is 2.29 bits per heavy atom. The van der Waals surface area contributed by atoms with Crippen LogP contribution in [0.5, 0.6) is 0 Å². The van der Waals surface area contributed by atoms with Crippen molar-refractivity contribution in [2.75, 3.05) is 13.6 Å². The number of rotatable bonds is 5. The lowest BCUT2D eigenvalue weighted by Gasteiger charge is -2.34. The van der Waals surface area contributed by atoms with Crippen molar-refractivity contribution >= 4 is 11.6 Å².